The van der Waals surface area contributed by atoms with Gasteiger partial charge in [-0.05, 0) is 32.6 Å². The largest absolute Gasteiger partial charge is 0.463 e. The van der Waals surface area contributed by atoms with Crippen molar-refractivity contribution < 1.29 is 28.6 Å². The lowest BCUT2D eigenvalue weighted by atomic mass is 9.91. The molecule has 152 valence electrons. The Morgan fingerprint density at radius 1 is 1.04 bits per heavy atom. The summed E-state index contributed by atoms with van der Waals surface area (Å²) in [6, 6.07) is 0. The van der Waals surface area contributed by atoms with Crippen molar-refractivity contribution in [1.82, 2.24) is 5.32 Å². The van der Waals surface area contributed by atoms with Crippen molar-refractivity contribution in [1.29, 1.82) is 0 Å². The molecule has 0 saturated heterocycles. The van der Waals surface area contributed by atoms with Gasteiger partial charge >= 0.3 is 18.0 Å². The Morgan fingerprint density at radius 3 is 2.31 bits per heavy atom. The third kappa shape index (κ3) is 10.9. The zero-order valence-electron chi connectivity index (χ0n) is 16.9. The summed E-state index contributed by atoms with van der Waals surface area (Å²) < 4.78 is 15.0. The van der Waals surface area contributed by atoms with E-state index in [0.29, 0.717) is 18.9 Å². The first-order valence-corrected chi connectivity index (χ1v) is 9.50. The lowest BCUT2D eigenvalue weighted by Crippen LogP contribution is -2.33. The summed E-state index contributed by atoms with van der Waals surface area (Å²) in [5, 5.41) is 2.42. The Hall–Kier alpha value is -1.79. The number of hydrogen-bond acceptors (Lipinski definition) is 6. The molecule has 1 amide bonds. The van der Waals surface area contributed by atoms with Gasteiger partial charge in [0.15, 0.2) is 6.61 Å². The number of unbranched alkanes of at least 4 members (excludes halogenated alkanes) is 1. The molecule has 7 heteroatoms. The van der Waals surface area contributed by atoms with E-state index in [1.54, 1.807) is 13.8 Å². The second kappa shape index (κ2) is 13.4. The van der Waals surface area contributed by atoms with Crippen molar-refractivity contribution in [3.8, 4) is 0 Å². The molecule has 0 aliphatic rings. The van der Waals surface area contributed by atoms with Crippen LogP contribution in [0.3, 0.4) is 0 Å². The Bertz CT molecular complexity index is 436. The van der Waals surface area contributed by atoms with Crippen molar-refractivity contribution in [2.24, 2.45) is 11.3 Å². The molecule has 0 bridgehead atoms. The summed E-state index contributed by atoms with van der Waals surface area (Å²) in [6.45, 7) is 9.78. The van der Waals surface area contributed by atoms with Gasteiger partial charge in [0.1, 0.15) is 6.61 Å². The zero-order valence-corrected chi connectivity index (χ0v) is 16.9. The number of amides is 1. The van der Waals surface area contributed by atoms with Crippen LogP contribution in [0.5, 0.6) is 0 Å². The molecule has 0 rings (SSSR count). The molecule has 0 radical (unpaired) electrons. The fourth-order valence-corrected chi connectivity index (χ4v) is 1.96. The normalized spacial score (nSPS) is 12.2. The lowest BCUT2D eigenvalue weighted by molar-refractivity contribution is -0.153. The smallest absolute Gasteiger partial charge is 0.407 e. The van der Waals surface area contributed by atoms with E-state index in [9.17, 15) is 14.4 Å². The van der Waals surface area contributed by atoms with Crippen molar-refractivity contribution in [3.05, 3.63) is 0 Å². The van der Waals surface area contributed by atoms with E-state index < -0.39 is 24.1 Å². The average molecular weight is 373 g/mol. The molecule has 0 aliphatic heterocycles. The molecule has 0 saturated carbocycles. The van der Waals surface area contributed by atoms with E-state index >= 15 is 0 Å². The summed E-state index contributed by atoms with van der Waals surface area (Å²) in [5.41, 5.74) is -0.544. The van der Waals surface area contributed by atoms with Crippen molar-refractivity contribution >= 4 is 18.0 Å². The Labute approximate surface area is 157 Å². The van der Waals surface area contributed by atoms with Gasteiger partial charge in [0, 0.05) is 0 Å². The Morgan fingerprint density at radius 2 is 1.73 bits per heavy atom. The third-order valence-corrected chi connectivity index (χ3v) is 4.39. The Balaban J connectivity index is 3.84. The molecule has 0 aromatic carbocycles. The van der Waals surface area contributed by atoms with Gasteiger partial charge in [-0.25, -0.2) is 9.59 Å². The number of carbonyl (C=O) groups is 3. The number of hydrogen-bond donors (Lipinski definition) is 1. The highest BCUT2D eigenvalue weighted by Crippen LogP contribution is 2.21. The van der Waals surface area contributed by atoms with Crippen molar-refractivity contribution in [2.75, 3.05) is 26.4 Å². The third-order valence-electron chi connectivity index (χ3n) is 4.39. The predicted molar refractivity (Wildman–Crippen MR) is 98.6 cm³/mol. The van der Waals surface area contributed by atoms with Crippen LogP contribution in [0.4, 0.5) is 4.79 Å². The van der Waals surface area contributed by atoms with Crippen LogP contribution < -0.4 is 5.32 Å². The van der Waals surface area contributed by atoms with Crippen molar-refractivity contribution in [2.45, 2.75) is 66.7 Å². The SMILES string of the molecule is CCCCC(CC)COC(=O)COC(=O)NCCOC(=O)C(C)(C)CC. The predicted octanol–water partition coefficient (Wildman–Crippen LogP) is 3.45. The highest BCUT2D eigenvalue weighted by molar-refractivity contribution is 5.76. The highest BCUT2D eigenvalue weighted by atomic mass is 16.6. The maximum absolute atomic E-state index is 11.7. The van der Waals surface area contributed by atoms with Crippen LogP contribution in [0.2, 0.25) is 0 Å². The number of nitrogens with one attached hydrogen (secondary N) is 1. The summed E-state index contributed by atoms with van der Waals surface area (Å²) >= 11 is 0. The second-order valence-corrected chi connectivity index (χ2v) is 6.98. The molecular weight excluding hydrogens is 338 g/mol. The average Bonchev–Trinajstić information content (AvgIpc) is 2.63. The molecule has 1 unspecified atom stereocenters. The van der Waals surface area contributed by atoms with Gasteiger partial charge in [-0.1, -0.05) is 40.0 Å². The van der Waals surface area contributed by atoms with Crippen LogP contribution in [0, 0.1) is 11.3 Å². The minimum atomic E-state index is -0.745. The summed E-state index contributed by atoms with van der Waals surface area (Å²) in [7, 11) is 0. The molecule has 7 nitrogen and oxygen atoms in total. The molecule has 0 aliphatic carbocycles. The fourth-order valence-electron chi connectivity index (χ4n) is 1.96. The number of carbonyl (C=O) groups excluding carboxylic acids is 3. The van der Waals surface area contributed by atoms with Crippen LogP contribution in [-0.2, 0) is 23.8 Å². The maximum atomic E-state index is 11.7. The number of esters is 2. The number of ether oxygens (including phenoxy) is 3. The van der Waals surface area contributed by atoms with Gasteiger partial charge in [-0.15, -0.1) is 0 Å². The molecule has 0 aromatic rings. The van der Waals surface area contributed by atoms with E-state index in [-0.39, 0.29) is 19.1 Å². The minimum absolute atomic E-state index is 0.0530. The van der Waals surface area contributed by atoms with E-state index in [4.69, 9.17) is 14.2 Å². The summed E-state index contributed by atoms with van der Waals surface area (Å²) in [4.78, 5) is 34.9. The molecular formula is C19H35NO6. The topological polar surface area (TPSA) is 90.9 Å². The molecule has 0 spiro atoms. The van der Waals surface area contributed by atoms with Crippen LogP contribution in [-0.4, -0.2) is 44.4 Å². The first kappa shape index (κ1) is 24.2. The van der Waals surface area contributed by atoms with E-state index in [1.807, 2.05) is 6.92 Å². The van der Waals surface area contributed by atoms with Gasteiger partial charge < -0.3 is 19.5 Å². The second-order valence-electron chi connectivity index (χ2n) is 6.98. The van der Waals surface area contributed by atoms with E-state index in [1.165, 1.54) is 0 Å². The maximum Gasteiger partial charge on any atom is 0.407 e. The monoisotopic (exact) mass is 373 g/mol. The molecule has 1 atom stereocenters. The van der Waals surface area contributed by atoms with Gasteiger partial charge in [0.05, 0.1) is 18.6 Å². The molecule has 1 N–H and O–H groups in total. The quantitative estimate of drug-likeness (QED) is 0.302. The lowest BCUT2D eigenvalue weighted by Gasteiger charge is -2.20. The van der Waals surface area contributed by atoms with Gasteiger partial charge in [0.2, 0.25) is 0 Å². The highest BCUT2D eigenvalue weighted by Gasteiger charge is 2.26. The first-order chi connectivity index (χ1) is 12.3. The van der Waals surface area contributed by atoms with E-state index in [0.717, 1.165) is 25.7 Å². The zero-order chi connectivity index (χ0) is 20.0. The molecule has 0 fully saturated rings. The fraction of sp³-hybridized carbons (Fsp3) is 0.842. The first-order valence-electron chi connectivity index (χ1n) is 9.50. The Kier molecular flexibility index (Phi) is 12.5. The van der Waals surface area contributed by atoms with Gasteiger partial charge in [-0.2, -0.15) is 0 Å². The summed E-state index contributed by atoms with van der Waals surface area (Å²) in [6.07, 6.45) is 4.11. The molecule has 26 heavy (non-hydrogen) atoms. The van der Waals surface area contributed by atoms with Crippen LogP contribution in [0.1, 0.15) is 66.7 Å². The van der Waals surface area contributed by atoms with Gasteiger partial charge in [0.25, 0.3) is 0 Å². The van der Waals surface area contributed by atoms with Crippen molar-refractivity contribution in [3.63, 3.8) is 0 Å². The van der Waals surface area contributed by atoms with Crippen LogP contribution in [0.15, 0.2) is 0 Å². The minimum Gasteiger partial charge on any atom is -0.463 e. The summed E-state index contributed by atoms with van der Waals surface area (Å²) in [5.74, 6) is -0.534. The number of alkyl carbamates (subject to hydrolysis) is 1. The van der Waals surface area contributed by atoms with Crippen LogP contribution in [0.25, 0.3) is 0 Å². The standard InChI is InChI=1S/C19H35NO6/c1-6-9-10-15(7-2)13-25-16(21)14-26-18(23)20-11-12-24-17(22)19(4,5)8-3/h15H,6-14H2,1-5H3,(H,20,23). The molecule has 0 aromatic heterocycles. The number of rotatable bonds is 13. The van der Waals surface area contributed by atoms with Gasteiger partial charge in [-0.3, -0.25) is 4.79 Å². The molecule has 0 heterocycles. The van der Waals surface area contributed by atoms with E-state index in [2.05, 4.69) is 19.2 Å². The van der Waals surface area contributed by atoms with Crippen LogP contribution >= 0.6 is 0 Å².